The maximum Gasteiger partial charge on any atom is 0.0794 e. The summed E-state index contributed by atoms with van der Waals surface area (Å²) in [6, 6.07) is 0. The van der Waals surface area contributed by atoms with Crippen molar-refractivity contribution in [3.63, 3.8) is 0 Å². The summed E-state index contributed by atoms with van der Waals surface area (Å²) in [7, 11) is 0. The van der Waals surface area contributed by atoms with Gasteiger partial charge in [-0.1, -0.05) is 0 Å². The fourth-order valence-corrected chi connectivity index (χ4v) is 0.754. The van der Waals surface area contributed by atoms with Crippen molar-refractivity contribution in [3.05, 3.63) is 11.6 Å². The maximum absolute atomic E-state index is 5.01. The molecule has 1 aromatic heterocycles. The number of nitrogens with zero attached hydrogens (tertiary/aromatic N) is 1. The normalized spacial score (nSPS) is 8.71. The molecule has 4 heteroatoms. The third-order valence-corrected chi connectivity index (χ3v) is 1.19. The molecule has 0 fully saturated rings. The van der Waals surface area contributed by atoms with E-state index in [9.17, 15) is 0 Å². The number of hydrogen-bond acceptors (Lipinski definition) is 4. The molecule has 3 N–H and O–H groups in total. The Bertz CT molecular complexity index is 125. The van der Waals surface area contributed by atoms with E-state index in [4.69, 9.17) is 5.84 Å². The molecule has 0 aliphatic carbocycles. The van der Waals surface area contributed by atoms with E-state index < -0.39 is 0 Å². The minimum atomic E-state index is 0.866. The van der Waals surface area contributed by atoms with E-state index >= 15 is 0 Å². The number of anilines is 1. The van der Waals surface area contributed by atoms with Crippen LogP contribution in [0.3, 0.4) is 0 Å². The van der Waals surface area contributed by atoms with Gasteiger partial charge in [-0.25, -0.2) is 0 Å². The first-order valence-electron chi connectivity index (χ1n) is 1.79. The molecule has 0 aliphatic heterocycles. The molecule has 3 nitrogen and oxygen atoms in total. The van der Waals surface area contributed by atoms with Gasteiger partial charge in [-0.3, -0.25) is 5.84 Å². The van der Waals surface area contributed by atoms with Crippen LogP contribution in [0.25, 0.3) is 0 Å². The molecule has 0 saturated heterocycles. The lowest BCUT2D eigenvalue weighted by Crippen LogP contribution is -2.04. The predicted molar refractivity (Wildman–Crippen MR) is 29.9 cm³/mol. The van der Waals surface area contributed by atoms with Gasteiger partial charge in [0.25, 0.3) is 0 Å². The van der Waals surface area contributed by atoms with Crippen molar-refractivity contribution in [2.45, 2.75) is 0 Å². The Labute approximate surface area is 45.3 Å². The lowest BCUT2D eigenvalue weighted by molar-refractivity contribution is 1.35. The van der Waals surface area contributed by atoms with Gasteiger partial charge in [-0.2, -0.15) is 4.37 Å². The van der Waals surface area contributed by atoms with Crippen molar-refractivity contribution in [1.29, 1.82) is 0 Å². The van der Waals surface area contributed by atoms with Gasteiger partial charge in [-0.05, 0) is 11.5 Å². The Balaban J connectivity index is 2.76. The summed E-state index contributed by atoms with van der Waals surface area (Å²) < 4.78 is 3.79. The van der Waals surface area contributed by atoms with Gasteiger partial charge < -0.3 is 5.43 Å². The van der Waals surface area contributed by atoms with Crippen LogP contribution >= 0.6 is 11.5 Å². The molecule has 0 atom stereocenters. The van der Waals surface area contributed by atoms with Gasteiger partial charge in [0.15, 0.2) is 0 Å². The summed E-state index contributed by atoms with van der Waals surface area (Å²) in [6.07, 6.45) is 1.67. The quantitative estimate of drug-likeness (QED) is 0.412. The van der Waals surface area contributed by atoms with E-state index in [-0.39, 0.29) is 0 Å². The third kappa shape index (κ3) is 0.880. The van der Waals surface area contributed by atoms with Crippen LogP contribution in [0.15, 0.2) is 11.6 Å². The second-order valence-corrected chi connectivity index (χ2v) is 1.71. The predicted octanol–water partition coefficient (Wildman–Crippen LogP) is 0.429. The highest BCUT2D eigenvalue weighted by Gasteiger charge is 1.82. The number of nitrogen functional groups attached to an aromatic ring is 1. The summed E-state index contributed by atoms with van der Waals surface area (Å²) >= 11 is 1.37. The van der Waals surface area contributed by atoms with Crippen LogP contribution in [0.2, 0.25) is 0 Å². The zero-order chi connectivity index (χ0) is 5.11. The van der Waals surface area contributed by atoms with E-state index in [1.54, 1.807) is 6.20 Å². The van der Waals surface area contributed by atoms with Gasteiger partial charge in [0.2, 0.25) is 0 Å². The van der Waals surface area contributed by atoms with Gasteiger partial charge in [-0.15, -0.1) is 0 Å². The lowest BCUT2D eigenvalue weighted by atomic mass is 10.6. The molecule has 0 spiro atoms. The summed E-state index contributed by atoms with van der Waals surface area (Å²) in [6.45, 7) is 0. The van der Waals surface area contributed by atoms with Crippen LogP contribution < -0.4 is 11.3 Å². The highest BCUT2D eigenvalue weighted by Crippen LogP contribution is 2.04. The van der Waals surface area contributed by atoms with Gasteiger partial charge >= 0.3 is 0 Å². The zero-order valence-electron chi connectivity index (χ0n) is 3.59. The fourth-order valence-electron chi connectivity index (χ4n) is 0.276. The number of hydrazine groups is 1. The van der Waals surface area contributed by atoms with E-state index in [0.29, 0.717) is 0 Å². The monoisotopic (exact) mass is 115 g/mol. The van der Waals surface area contributed by atoms with Crippen molar-refractivity contribution in [1.82, 2.24) is 4.37 Å². The Kier molecular flexibility index (Phi) is 1.24. The largest absolute Gasteiger partial charge is 0.322 e. The summed E-state index contributed by atoms with van der Waals surface area (Å²) in [5.41, 5.74) is 3.32. The Morgan fingerprint density at radius 2 is 2.71 bits per heavy atom. The first kappa shape index (κ1) is 4.55. The van der Waals surface area contributed by atoms with Crippen molar-refractivity contribution in [2.24, 2.45) is 5.84 Å². The summed E-state index contributed by atoms with van der Waals surface area (Å²) in [5, 5.41) is 1.83. The Hall–Kier alpha value is -0.610. The van der Waals surface area contributed by atoms with Crippen LogP contribution in [0.4, 0.5) is 5.69 Å². The van der Waals surface area contributed by atoms with E-state index in [1.807, 2.05) is 5.38 Å². The van der Waals surface area contributed by atoms with Crippen molar-refractivity contribution < 1.29 is 0 Å². The molecule has 0 amide bonds. The molecule has 0 radical (unpaired) electrons. The molecule has 38 valence electrons. The topological polar surface area (TPSA) is 50.9 Å². The van der Waals surface area contributed by atoms with Crippen LogP contribution in [0, 0.1) is 0 Å². The first-order chi connectivity index (χ1) is 3.43. The fraction of sp³-hybridized carbons (Fsp3) is 0. The summed E-state index contributed by atoms with van der Waals surface area (Å²) in [5.74, 6) is 5.01. The number of nitrogens with two attached hydrogens (primary N) is 1. The Morgan fingerprint density at radius 3 is 3.00 bits per heavy atom. The SMILES string of the molecule is NNc1cnsc1. The molecule has 1 aromatic rings. The maximum atomic E-state index is 5.01. The third-order valence-electron chi connectivity index (χ3n) is 0.599. The molecule has 0 aromatic carbocycles. The smallest absolute Gasteiger partial charge is 0.0794 e. The first-order valence-corrected chi connectivity index (χ1v) is 2.63. The van der Waals surface area contributed by atoms with Gasteiger partial charge in [0.05, 0.1) is 11.9 Å². The lowest BCUT2D eigenvalue weighted by Gasteiger charge is -1.85. The number of aromatic nitrogens is 1. The molecule has 1 rings (SSSR count). The minimum Gasteiger partial charge on any atom is -0.322 e. The standard InChI is InChI=1S/C3H5N3S/c4-6-3-1-5-7-2-3/h1-2,6H,4H2. The highest BCUT2D eigenvalue weighted by molar-refractivity contribution is 7.04. The molecule has 0 bridgehead atoms. The molecule has 0 saturated carbocycles. The van der Waals surface area contributed by atoms with E-state index in [2.05, 4.69) is 9.80 Å². The van der Waals surface area contributed by atoms with Gasteiger partial charge in [0.1, 0.15) is 0 Å². The number of nitrogens with one attached hydrogen (secondary N) is 1. The molecule has 7 heavy (non-hydrogen) atoms. The highest BCUT2D eigenvalue weighted by atomic mass is 32.1. The minimum absolute atomic E-state index is 0.866. The molecule has 0 unspecified atom stereocenters. The van der Waals surface area contributed by atoms with E-state index in [1.165, 1.54) is 11.5 Å². The average molecular weight is 115 g/mol. The Morgan fingerprint density at radius 1 is 1.86 bits per heavy atom. The van der Waals surface area contributed by atoms with Crippen LogP contribution in [0.1, 0.15) is 0 Å². The summed E-state index contributed by atoms with van der Waals surface area (Å²) in [4.78, 5) is 0. The second-order valence-electron chi connectivity index (χ2n) is 1.06. The van der Waals surface area contributed by atoms with Gasteiger partial charge in [0, 0.05) is 5.38 Å². The molecule has 0 aliphatic rings. The average Bonchev–Trinajstić information content (AvgIpc) is 2.14. The van der Waals surface area contributed by atoms with Crippen molar-refractivity contribution in [3.8, 4) is 0 Å². The van der Waals surface area contributed by atoms with E-state index in [0.717, 1.165) is 5.69 Å². The zero-order valence-corrected chi connectivity index (χ0v) is 4.40. The molecular formula is C3H5N3S. The number of rotatable bonds is 1. The van der Waals surface area contributed by atoms with Crippen molar-refractivity contribution >= 4 is 17.2 Å². The second kappa shape index (κ2) is 1.90. The van der Waals surface area contributed by atoms with Crippen LogP contribution in [-0.2, 0) is 0 Å². The number of hydrogen-bond donors (Lipinski definition) is 2. The molecule has 1 heterocycles. The van der Waals surface area contributed by atoms with Crippen molar-refractivity contribution in [2.75, 3.05) is 5.43 Å². The van der Waals surface area contributed by atoms with Crippen LogP contribution in [0.5, 0.6) is 0 Å². The van der Waals surface area contributed by atoms with Crippen LogP contribution in [-0.4, -0.2) is 4.37 Å². The molecular weight excluding hydrogens is 110 g/mol.